The van der Waals surface area contributed by atoms with Crippen molar-refractivity contribution in [2.24, 2.45) is 0 Å². The minimum absolute atomic E-state index is 0.00711. The van der Waals surface area contributed by atoms with Crippen LogP contribution in [-0.2, 0) is 6.61 Å². The van der Waals surface area contributed by atoms with E-state index in [1.807, 2.05) is 19.1 Å². The van der Waals surface area contributed by atoms with Crippen LogP contribution in [0.5, 0.6) is 0 Å². The molecule has 0 fully saturated rings. The van der Waals surface area contributed by atoms with Crippen molar-refractivity contribution in [2.75, 3.05) is 5.32 Å². The Hall–Kier alpha value is -1.23. The van der Waals surface area contributed by atoms with Gasteiger partial charge >= 0.3 is 6.18 Å². The highest BCUT2D eigenvalue weighted by Crippen LogP contribution is 2.23. The third kappa shape index (κ3) is 5.91. The monoisotopic (exact) mass is 261 g/mol. The van der Waals surface area contributed by atoms with Crippen LogP contribution in [-0.4, -0.2) is 17.3 Å². The smallest absolute Gasteiger partial charge is 0.389 e. The van der Waals surface area contributed by atoms with Crippen molar-refractivity contribution in [3.63, 3.8) is 0 Å². The Kier molecular flexibility index (Phi) is 5.47. The van der Waals surface area contributed by atoms with Crippen molar-refractivity contribution in [2.45, 2.75) is 45.0 Å². The van der Waals surface area contributed by atoms with E-state index in [-0.39, 0.29) is 19.1 Å². The standard InChI is InChI=1S/C13H18F3NO/c1-10(3-2-8-13(14,15)16)17-12-6-4-11(9-18)5-7-12/h4-7,10,17-18H,2-3,8-9H2,1H3. The summed E-state index contributed by atoms with van der Waals surface area (Å²) in [7, 11) is 0. The van der Waals surface area contributed by atoms with Crippen LogP contribution in [0.3, 0.4) is 0 Å². The van der Waals surface area contributed by atoms with Gasteiger partial charge in [-0.25, -0.2) is 0 Å². The number of nitrogens with one attached hydrogen (secondary N) is 1. The quantitative estimate of drug-likeness (QED) is 0.818. The molecule has 0 aliphatic carbocycles. The van der Waals surface area contributed by atoms with Gasteiger partial charge in [-0.3, -0.25) is 0 Å². The second-order valence-corrected chi connectivity index (χ2v) is 4.41. The molecule has 0 bridgehead atoms. The lowest BCUT2D eigenvalue weighted by atomic mass is 10.1. The molecule has 1 atom stereocenters. The predicted molar refractivity (Wildman–Crippen MR) is 65.4 cm³/mol. The average Bonchev–Trinajstić information content (AvgIpc) is 2.28. The fraction of sp³-hybridized carbons (Fsp3) is 0.538. The van der Waals surface area contributed by atoms with E-state index in [9.17, 15) is 13.2 Å². The number of alkyl halides is 3. The topological polar surface area (TPSA) is 32.3 Å². The molecule has 0 spiro atoms. The van der Waals surface area contributed by atoms with Crippen LogP contribution in [0.1, 0.15) is 31.7 Å². The molecule has 0 heterocycles. The van der Waals surface area contributed by atoms with Crippen LogP contribution >= 0.6 is 0 Å². The van der Waals surface area contributed by atoms with Crippen LogP contribution in [0.15, 0.2) is 24.3 Å². The molecule has 102 valence electrons. The van der Waals surface area contributed by atoms with E-state index >= 15 is 0 Å². The number of halogens is 3. The van der Waals surface area contributed by atoms with E-state index < -0.39 is 12.6 Å². The van der Waals surface area contributed by atoms with Gasteiger partial charge in [-0.05, 0) is 37.5 Å². The normalized spacial score (nSPS) is 13.4. The molecule has 0 aromatic heterocycles. The molecule has 0 saturated heterocycles. The van der Waals surface area contributed by atoms with Gasteiger partial charge in [0.1, 0.15) is 0 Å². The van der Waals surface area contributed by atoms with Crippen molar-refractivity contribution in [1.82, 2.24) is 0 Å². The molecule has 1 aromatic rings. The predicted octanol–water partition coefficient (Wildman–Crippen LogP) is 3.71. The summed E-state index contributed by atoms with van der Waals surface area (Å²) in [5.74, 6) is 0. The van der Waals surface area contributed by atoms with Gasteiger partial charge in [-0.2, -0.15) is 13.2 Å². The average molecular weight is 261 g/mol. The van der Waals surface area contributed by atoms with Crippen molar-refractivity contribution in [3.05, 3.63) is 29.8 Å². The number of aliphatic hydroxyl groups excluding tert-OH is 1. The third-order valence-electron chi connectivity index (χ3n) is 2.65. The van der Waals surface area contributed by atoms with Crippen molar-refractivity contribution in [3.8, 4) is 0 Å². The minimum Gasteiger partial charge on any atom is -0.392 e. The molecule has 1 unspecified atom stereocenters. The molecule has 0 amide bonds. The van der Waals surface area contributed by atoms with Crippen LogP contribution in [0, 0.1) is 0 Å². The van der Waals surface area contributed by atoms with Crippen molar-refractivity contribution < 1.29 is 18.3 Å². The van der Waals surface area contributed by atoms with Gasteiger partial charge in [0.25, 0.3) is 0 Å². The molecule has 0 saturated carbocycles. The third-order valence-corrected chi connectivity index (χ3v) is 2.65. The zero-order valence-electron chi connectivity index (χ0n) is 10.3. The maximum atomic E-state index is 12.0. The molecule has 2 N–H and O–H groups in total. The fourth-order valence-electron chi connectivity index (χ4n) is 1.67. The van der Waals surface area contributed by atoms with E-state index in [0.29, 0.717) is 6.42 Å². The van der Waals surface area contributed by atoms with Crippen LogP contribution in [0.4, 0.5) is 18.9 Å². The Labute approximate surface area is 105 Å². The van der Waals surface area contributed by atoms with E-state index in [4.69, 9.17) is 5.11 Å². The Balaban J connectivity index is 2.32. The van der Waals surface area contributed by atoms with Crippen LogP contribution in [0.2, 0.25) is 0 Å². The molecule has 5 heteroatoms. The van der Waals surface area contributed by atoms with Gasteiger partial charge in [0, 0.05) is 18.2 Å². The molecule has 0 radical (unpaired) electrons. The van der Waals surface area contributed by atoms with E-state index in [1.54, 1.807) is 12.1 Å². The first-order valence-corrected chi connectivity index (χ1v) is 5.94. The second kappa shape index (κ2) is 6.64. The largest absolute Gasteiger partial charge is 0.392 e. The van der Waals surface area contributed by atoms with Gasteiger partial charge in [-0.15, -0.1) is 0 Å². The number of aliphatic hydroxyl groups is 1. The van der Waals surface area contributed by atoms with Crippen LogP contribution in [0.25, 0.3) is 0 Å². The highest BCUT2D eigenvalue weighted by Gasteiger charge is 2.26. The van der Waals surface area contributed by atoms with Gasteiger partial charge < -0.3 is 10.4 Å². The maximum absolute atomic E-state index is 12.0. The summed E-state index contributed by atoms with van der Waals surface area (Å²) in [6.45, 7) is 1.84. The summed E-state index contributed by atoms with van der Waals surface area (Å²) in [5.41, 5.74) is 1.66. The number of hydrogen-bond acceptors (Lipinski definition) is 2. The van der Waals surface area contributed by atoms with Gasteiger partial charge in [0.15, 0.2) is 0 Å². The summed E-state index contributed by atoms with van der Waals surface area (Å²) in [6, 6.07) is 7.18. The molecule has 1 aromatic carbocycles. The number of hydrogen-bond donors (Lipinski definition) is 2. The first-order valence-electron chi connectivity index (χ1n) is 5.94. The molecule has 0 aliphatic rings. The first-order chi connectivity index (χ1) is 8.40. The Morgan fingerprint density at radius 1 is 1.22 bits per heavy atom. The second-order valence-electron chi connectivity index (χ2n) is 4.41. The molecular weight excluding hydrogens is 243 g/mol. The minimum atomic E-state index is -4.07. The zero-order chi connectivity index (χ0) is 13.6. The maximum Gasteiger partial charge on any atom is 0.389 e. The molecule has 1 rings (SSSR count). The van der Waals surface area contributed by atoms with Gasteiger partial charge in [-0.1, -0.05) is 12.1 Å². The highest BCUT2D eigenvalue weighted by molar-refractivity contribution is 5.45. The molecule has 2 nitrogen and oxygen atoms in total. The van der Waals surface area contributed by atoms with Crippen molar-refractivity contribution in [1.29, 1.82) is 0 Å². The molecule has 0 aliphatic heterocycles. The van der Waals surface area contributed by atoms with E-state index in [1.165, 1.54) is 0 Å². The summed E-state index contributed by atoms with van der Waals surface area (Å²) >= 11 is 0. The van der Waals surface area contributed by atoms with Gasteiger partial charge in [0.05, 0.1) is 6.61 Å². The highest BCUT2D eigenvalue weighted by atomic mass is 19.4. The number of benzene rings is 1. The lowest BCUT2D eigenvalue weighted by Crippen LogP contribution is -2.16. The first kappa shape index (κ1) is 14.8. The van der Waals surface area contributed by atoms with E-state index in [0.717, 1.165) is 11.3 Å². The SMILES string of the molecule is CC(CCCC(F)(F)F)Nc1ccc(CO)cc1. The molecule has 18 heavy (non-hydrogen) atoms. The number of anilines is 1. The Morgan fingerprint density at radius 3 is 2.33 bits per heavy atom. The van der Waals surface area contributed by atoms with E-state index in [2.05, 4.69) is 5.32 Å². The lowest BCUT2D eigenvalue weighted by molar-refractivity contribution is -0.135. The summed E-state index contributed by atoms with van der Waals surface area (Å²) in [4.78, 5) is 0. The Bertz CT molecular complexity index is 348. The summed E-state index contributed by atoms with van der Waals surface area (Å²) in [6.07, 6.45) is -4.20. The van der Waals surface area contributed by atoms with Crippen molar-refractivity contribution >= 4 is 5.69 Å². The summed E-state index contributed by atoms with van der Waals surface area (Å²) in [5, 5.41) is 12.0. The Morgan fingerprint density at radius 2 is 1.83 bits per heavy atom. The van der Waals surface area contributed by atoms with Gasteiger partial charge in [0.2, 0.25) is 0 Å². The van der Waals surface area contributed by atoms with Crippen LogP contribution < -0.4 is 5.32 Å². The fourth-order valence-corrected chi connectivity index (χ4v) is 1.67. The zero-order valence-corrected chi connectivity index (χ0v) is 10.3. The lowest BCUT2D eigenvalue weighted by Gasteiger charge is -2.16. The molecular formula is C13H18F3NO. The number of rotatable bonds is 6. The summed E-state index contributed by atoms with van der Waals surface area (Å²) < 4.78 is 35.9.